The summed E-state index contributed by atoms with van der Waals surface area (Å²) < 4.78 is 5.26. The zero-order valence-electron chi connectivity index (χ0n) is 17.9. The van der Waals surface area contributed by atoms with Gasteiger partial charge in [0.25, 0.3) is 0 Å². The molecule has 3 rings (SSSR count). The van der Waals surface area contributed by atoms with Crippen molar-refractivity contribution in [2.45, 2.75) is 32.2 Å². The molecular formula is C24H32N4O2. The number of rotatable bonds is 8. The molecule has 1 atom stereocenters. The predicted molar refractivity (Wildman–Crippen MR) is 121 cm³/mol. The standard InChI is InChI=1S/C24H32N4O2/c1-3-25-24(26-15-13-23(29)27-17-19-7-5-4-6-8-19)28-16-14-21(18-28)20-9-11-22(30-2)12-10-20/h4-12,21H,3,13-18H2,1-2H3,(H,25,26)(H,27,29). The molecule has 1 unspecified atom stereocenters. The molecule has 1 heterocycles. The Labute approximate surface area is 179 Å². The van der Waals surface area contributed by atoms with Gasteiger partial charge < -0.3 is 20.3 Å². The first-order chi connectivity index (χ1) is 14.7. The zero-order chi connectivity index (χ0) is 21.2. The summed E-state index contributed by atoms with van der Waals surface area (Å²) in [5.41, 5.74) is 2.43. The SMILES string of the molecule is CCNC(=NCCC(=O)NCc1ccccc1)N1CCC(c2ccc(OC)cc2)C1. The van der Waals surface area contributed by atoms with Crippen LogP contribution in [0.3, 0.4) is 0 Å². The van der Waals surface area contributed by atoms with Gasteiger partial charge in [-0.05, 0) is 36.6 Å². The molecule has 1 aliphatic rings. The van der Waals surface area contributed by atoms with Crippen molar-refractivity contribution >= 4 is 11.9 Å². The van der Waals surface area contributed by atoms with E-state index >= 15 is 0 Å². The smallest absolute Gasteiger partial charge is 0.222 e. The summed E-state index contributed by atoms with van der Waals surface area (Å²) in [6.07, 6.45) is 1.48. The van der Waals surface area contributed by atoms with Crippen LogP contribution in [0, 0.1) is 0 Å². The molecule has 1 aliphatic heterocycles. The molecule has 1 amide bonds. The molecule has 0 bridgehead atoms. The van der Waals surface area contributed by atoms with E-state index in [2.05, 4.69) is 34.6 Å². The van der Waals surface area contributed by atoms with Gasteiger partial charge in [-0.3, -0.25) is 9.79 Å². The number of methoxy groups -OCH3 is 1. The lowest BCUT2D eigenvalue weighted by Gasteiger charge is -2.21. The first-order valence-corrected chi connectivity index (χ1v) is 10.7. The Morgan fingerprint density at radius 3 is 2.60 bits per heavy atom. The number of hydrogen-bond donors (Lipinski definition) is 2. The number of amides is 1. The Hall–Kier alpha value is -3.02. The average Bonchev–Trinajstić information content (AvgIpc) is 3.28. The van der Waals surface area contributed by atoms with Gasteiger partial charge in [0.05, 0.1) is 13.7 Å². The first kappa shape index (κ1) is 21.7. The molecular weight excluding hydrogens is 376 g/mol. The molecule has 0 radical (unpaired) electrons. The highest BCUT2D eigenvalue weighted by atomic mass is 16.5. The minimum Gasteiger partial charge on any atom is -0.497 e. The molecule has 1 fully saturated rings. The summed E-state index contributed by atoms with van der Waals surface area (Å²) in [4.78, 5) is 19.1. The summed E-state index contributed by atoms with van der Waals surface area (Å²) in [5.74, 6) is 2.28. The van der Waals surface area contributed by atoms with Gasteiger partial charge in [-0.25, -0.2) is 0 Å². The summed E-state index contributed by atoms with van der Waals surface area (Å²) in [6, 6.07) is 18.3. The highest BCUT2D eigenvalue weighted by molar-refractivity contribution is 5.81. The maximum atomic E-state index is 12.1. The second kappa shape index (κ2) is 11.2. The Bertz CT molecular complexity index is 821. The molecule has 160 valence electrons. The third-order valence-corrected chi connectivity index (χ3v) is 5.34. The van der Waals surface area contributed by atoms with Crippen molar-refractivity contribution in [2.24, 2.45) is 4.99 Å². The van der Waals surface area contributed by atoms with E-state index < -0.39 is 0 Å². The molecule has 6 heteroatoms. The number of likely N-dealkylation sites (tertiary alicyclic amines) is 1. The van der Waals surface area contributed by atoms with E-state index in [-0.39, 0.29) is 5.91 Å². The monoisotopic (exact) mass is 408 g/mol. The van der Waals surface area contributed by atoms with E-state index in [0.29, 0.717) is 25.4 Å². The molecule has 6 nitrogen and oxygen atoms in total. The number of benzene rings is 2. The van der Waals surface area contributed by atoms with Crippen LogP contribution in [0.1, 0.15) is 36.8 Å². The summed E-state index contributed by atoms with van der Waals surface area (Å²) in [5, 5.41) is 6.33. The van der Waals surface area contributed by atoms with Crippen LogP contribution in [0.4, 0.5) is 0 Å². The average molecular weight is 409 g/mol. The van der Waals surface area contributed by atoms with Crippen LogP contribution < -0.4 is 15.4 Å². The predicted octanol–water partition coefficient (Wildman–Crippen LogP) is 3.16. The number of nitrogens with zero attached hydrogens (tertiary/aromatic N) is 2. The van der Waals surface area contributed by atoms with Crippen LogP contribution in [0.2, 0.25) is 0 Å². The molecule has 30 heavy (non-hydrogen) atoms. The lowest BCUT2D eigenvalue weighted by atomic mass is 9.98. The van der Waals surface area contributed by atoms with E-state index in [0.717, 1.165) is 43.3 Å². The van der Waals surface area contributed by atoms with E-state index in [1.54, 1.807) is 7.11 Å². The number of carbonyl (C=O) groups excluding carboxylic acids is 1. The van der Waals surface area contributed by atoms with Crippen molar-refractivity contribution in [3.05, 3.63) is 65.7 Å². The fourth-order valence-corrected chi connectivity index (χ4v) is 3.67. The van der Waals surface area contributed by atoms with E-state index in [9.17, 15) is 4.79 Å². The zero-order valence-corrected chi connectivity index (χ0v) is 17.9. The van der Waals surface area contributed by atoms with Crippen molar-refractivity contribution in [1.82, 2.24) is 15.5 Å². The van der Waals surface area contributed by atoms with Crippen molar-refractivity contribution in [3.8, 4) is 5.75 Å². The molecule has 2 aromatic carbocycles. The number of nitrogens with one attached hydrogen (secondary N) is 2. The normalized spacial score (nSPS) is 16.4. The molecule has 0 saturated carbocycles. The van der Waals surface area contributed by atoms with Gasteiger partial charge in [0.15, 0.2) is 5.96 Å². The van der Waals surface area contributed by atoms with Crippen molar-refractivity contribution in [3.63, 3.8) is 0 Å². The highest BCUT2D eigenvalue weighted by Gasteiger charge is 2.26. The van der Waals surface area contributed by atoms with Crippen LogP contribution >= 0.6 is 0 Å². The molecule has 2 aromatic rings. The topological polar surface area (TPSA) is 66.0 Å². The molecule has 0 spiro atoms. The molecule has 0 aliphatic carbocycles. The van der Waals surface area contributed by atoms with Gasteiger partial charge in [-0.1, -0.05) is 42.5 Å². The van der Waals surface area contributed by atoms with Crippen LogP contribution in [0.15, 0.2) is 59.6 Å². The summed E-state index contributed by atoms with van der Waals surface area (Å²) >= 11 is 0. The van der Waals surface area contributed by atoms with Crippen LogP contribution in [-0.4, -0.2) is 50.1 Å². The Morgan fingerprint density at radius 1 is 1.13 bits per heavy atom. The lowest BCUT2D eigenvalue weighted by molar-refractivity contribution is -0.121. The second-order valence-electron chi connectivity index (χ2n) is 7.45. The maximum Gasteiger partial charge on any atom is 0.222 e. The lowest BCUT2D eigenvalue weighted by Crippen LogP contribution is -2.40. The molecule has 1 saturated heterocycles. The van der Waals surface area contributed by atoms with Gasteiger partial charge in [-0.2, -0.15) is 0 Å². The maximum absolute atomic E-state index is 12.1. The number of hydrogen-bond acceptors (Lipinski definition) is 3. The van der Waals surface area contributed by atoms with Gasteiger partial charge >= 0.3 is 0 Å². The Balaban J connectivity index is 1.49. The minimum absolute atomic E-state index is 0.0241. The summed E-state index contributed by atoms with van der Waals surface area (Å²) in [6.45, 7) is 5.80. The second-order valence-corrected chi connectivity index (χ2v) is 7.45. The van der Waals surface area contributed by atoms with Gasteiger partial charge in [0.2, 0.25) is 5.91 Å². The van der Waals surface area contributed by atoms with Gasteiger partial charge in [0.1, 0.15) is 5.75 Å². The quantitative estimate of drug-likeness (QED) is 0.520. The van der Waals surface area contributed by atoms with Gasteiger partial charge in [-0.15, -0.1) is 0 Å². The number of guanidine groups is 1. The van der Waals surface area contributed by atoms with E-state index in [1.165, 1.54) is 5.56 Å². The number of ether oxygens (including phenoxy) is 1. The first-order valence-electron chi connectivity index (χ1n) is 10.7. The third-order valence-electron chi connectivity index (χ3n) is 5.34. The fourth-order valence-electron chi connectivity index (χ4n) is 3.67. The molecule has 0 aromatic heterocycles. The van der Waals surface area contributed by atoms with Crippen LogP contribution in [-0.2, 0) is 11.3 Å². The Morgan fingerprint density at radius 2 is 1.90 bits per heavy atom. The largest absolute Gasteiger partial charge is 0.497 e. The van der Waals surface area contributed by atoms with Crippen molar-refractivity contribution < 1.29 is 9.53 Å². The van der Waals surface area contributed by atoms with Crippen molar-refractivity contribution in [2.75, 3.05) is 33.3 Å². The number of carbonyl (C=O) groups is 1. The Kier molecular flexibility index (Phi) is 8.12. The van der Waals surface area contributed by atoms with E-state index in [1.807, 2.05) is 42.5 Å². The molecule has 2 N–H and O–H groups in total. The summed E-state index contributed by atoms with van der Waals surface area (Å²) in [7, 11) is 1.69. The van der Waals surface area contributed by atoms with Crippen LogP contribution in [0.5, 0.6) is 5.75 Å². The third kappa shape index (κ3) is 6.24. The van der Waals surface area contributed by atoms with Gasteiger partial charge in [0, 0.05) is 38.5 Å². The van der Waals surface area contributed by atoms with Crippen LogP contribution in [0.25, 0.3) is 0 Å². The van der Waals surface area contributed by atoms with Crippen molar-refractivity contribution in [1.29, 1.82) is 0 Å². The fraction of sp³-hybridized carbons (Fsp3) is 0.417. The highest BCUT2D eigenvalue weighted by Crippen LogP contribution is 2.28. The minimum atomic E-state index is 0.0241. The number of aliphatic imine (C=N–C) groups is 1. The van der Waals surface area contributed by atoms with E-state index in [4.69, 9.17) is 9.73 Å².